The van der Waals surface area contributed by atoms with E-state index in [0.717, 1.165) is 0 Å². The fraction of sp³-hybridized carbons (Fsp3) is 0.292. The van der Waals surface area contributed by atoms with Crippen LogP contribution in [0.25, 0.3) is 5.69 Å². The van der Waals surface area contributed by atoms with Crippen molar-refractivity contribution in [2.24, 2.45) is 12.2 Å². The minimum atomic E-state index is -0.890. The van der Waals surface area contributed by atoms with E-state index in [2.05, 4.69) is 10.5 Å². The Kier molecular flexibility index (Phi) is 6.31. The molecular formula is C24H26N4O6. The highest BCUT2D eigenvalue weighted by atomic mass is 16.6. The molecule has 10 nitrogen and oxygen atoms in total. The predicted octanol–water partition coefficient (Wildman–Crippen LogP) is 2.64. The number of ether oxygens (including phenoxy) is 3. The molecule has 10 heteroatoms. The first-order valence-electron chi connectivity index (χ1n) is 10.6. The summed E-state index contributed by atoms with van der Waals surface area (Å²) in [6, 6.07) is 12.7. The number of nitrogens with zero attached hydrogens (tertiary/aromatic N) is 3. The summed E-state index contributed by atoms with van der Waals surface area (Å²) in [5, 5.41) is 6.81. The van der Waals surface area contributed by atoms with E-state index in [1.165, 1.54) is 26.0 Å². The van der Waals surface area contributed by atoms with Crippen molar-refractivity contribution in [3.63, 3.8) is 0 Å². The second-order valence-electron chi connectivity index (χ2n) is 7.68. The Morgan fingerprint density at radius 1 is 1.09 bits per heavy atom. The summed E-state index contributed by atoms with van der Waals surface area (Å²) >= 11 is 0. The second kappa shape index (κ2) is 9.34. The third kappa shape index (κ3) is 3.98. The zero-order chi connectivity index (χ0) is 24.4. The second-order valence-corrected chi connectivity index (χ2v) is 7.68. The maximum Gasteiger partial charge on any atom is 0.295 e. The van der Waals surface area contributed by atoms with Crippen LogP contribution in [0.3, 0.4) is 0 Å². The fourth-order valence-electron chi connectivity index (χ4n) is 3.85. The van der Waals surface area contributed by atoms with Gasteiger partial charge >= 0.3 is 0 Å². The molecule has 1 atom stereocenters. The SMILES string of the molecule is COc1cc(C2=NO[C@H](C(=O)Nc3c(C)n(C)n(-c4ccccc4)c3=O)C2)cc(OC)c1OC. The van der Waals surface area contributed by atoms with Gasteiger partial charge in [0.25, 0.3) is 11.5 Å². The fourth-order valence-corrected chi connectivity index (χ4v) is 3.85. The Labute approximate surface area is 196 Å². The molecule has 0 saturated carbocycles. The summed E-state index contributed by atoms with van der Waals surface area (Å²) in [7, 11) is 6.33. The molecule has 0 unspecified atom stereocenters. The molecule has 0 saturated heterocycles. The molecule has 1 aliphatic heterocycles. The van der Waals surface area contributed by atoms with E-state index in [1.807, 2.05) is 30.3 Å². The number of methoxy groups -OCH3 is 3. The number of aromatic nitrogens is 2. The van der Waals surface area contributed by atoms with Gasteiger partial charge in [0.1, 0.15) is 5.69 Å². The summed E-state index contributed by atoms with van der Waals surface area (Å²) in [6.07, 6.45) is -0.679. The Bertz CT molecular complexity index is 1280. The molecule has 2 heterocycles. The van der Waals surface area contributed by atoms with Crippen molar-refractivity contribution in [3.8, 4) is 22.9 Å². The van der Waals surface area contributed by atoms with Gasteiger partial charge < -0.3 is 24.4 Å². The average Bonchev–Trinajstić information content (AvgIpc) is 3.43. The monoisotopic (exact) mass is 466 g/mol. The third-order valence-corrected chi connectivity index (χ3v) is 5.76. The minimum Gasteiger partial charge on any atom is -0.493 e. The highest BCUT2D eigenvalue weighted by Gasteiger charge is 2.31. The molecule has 178 valence electrons. The number of oxime groups is 1. The minimum absolute atomic E-state index is 0.196. The van der Waals surface area contributed by atoms with Gasteiger partial charge in [-0.05, 0) is 31.2 Å². The highest BCUT2D eigenvalue weighted by Crippen LogP contribution is 2.39. The van der Waals surface area contributed by atoms with Gasteiger partial charge in [0, 0.05) is 19.0 Å². The zero-order valence-electron chi connectivity index (χ0n) is 19.6. The standard InChI is InChI=1S/C24H26N4O6/c1-14-21(24(30)28(27(14)2)16-9-7-6-8-10-16)25-23(29)20-13-17(26-34-20)15-11-18(31-3)22(33-5)19(12-15)32-4/h6-12,20H,13H2,1-5H3,(H,25,29)/t20-/m0/s1. The van der Waals surface area contributed by atoms with Gasteiger partial charge in [-0.15, -0.1) is 0 Å². The van der Waals surface area contributed by atoms with Gasteiger partial charge in [0.15, 0.2) is 11.5 Å². The molecule has 0 fully saturated rings. The van der Waals surface area contributed by atoms with Crippen LogP contribution >= 0.6 is 0 Å². The first kappa shape index (κ1) is 23.0. The molecule has 0 spiro atoms. The van der Waals surface area contributed by atoms with E-state index in [-0.39, 0.29) is 17.7 Å². The van der Waals surface area contributed by atoms with E-state index >= 15 is 0 Å². The number of hydrogen-bond donors (Lipinski definition) is 1. The van der Waals surface area contributed by atoms with Gasteiger partial charge in [-0.2, -0.15) is 0 Å². The number of nitrogens with one attached hydrogen (secondary N) is 1. The quantitative estimate of drug-likeness (QED) is 0.574. The molecule has 1 aliphatic rings. The van der Waals surface area contributed by atoms with E-state index in [4.69, 9.17) is 19.0 Å². The van der Waals surface area contributed by atoms with Crippen molar-refractivity contribution in [1.29, 1.82) is 0 Å². The largest absolute Gasteiger partial charge is 0.493 e. The van der Waals surface area contributed by atoms with Gasteiger partial charge in [-0.3, -0.25) is 14.3 Å². The molecule has 0 bridgehead atoms. The maximum absolute atomic E-state index is 13.1. The van der Waals surface area contributed by atoms with Gasteiger partial charge in [-0.1, -0.05) is 23.4 Å². The Morgan fingerprint density at radius 2 is 1.74 bits per heavy atom. The van der Waals surface area contributed by atoms with Crippen molar-refractivity contribution in [2.45, 2.75) is 19.4 Å². The number of hydrogen-bond acceptors (Lipinski definition) is 7. The molecule has 0 aliphatic carbocycles. The molecule has 3 aromatic rings. The maximum atomic E-state index is 13.1. The van der Waals surface area contributed by atoms with Crippen LogP contribution in [0, 0.1) is 6.92 Å². The van der Waals surface area contributed by atoms with E-state index < -0.39 is 12.0 Å². The average molecular weight is 466 g/mol. The topological polar surface area (TPSA) is 105 Å². The van der Waals surface area contributed by atoms with Crippen molar-refractivity contribution in [1.82, 2.24) is 9.36 Å². The number of amides is 1. The summed E-state index contributed by atoms with van der Waals surface area (Å²) in [6.45, 7) is 1.77. The zero-order valence-corrected chi connectivity index (χ0v) is 19.6. The lowest BCUT2D eigenvalue weighted by molar-refractivity contribution is -0.125. The van der Waals surface area contributed by atoms with Gasteiger partial charge in [0.2, 0.25) is 11.9 Å². The van der Waals surface area contributed by atoms with Crippen LogP contribution < -0.4 is 25.1 Å². The summed E-state index contributed by atoms with van der Waals surface area (Å²) in [5.41, 5.74) is 2.40. The van der Waals surface area contributed by atoms with Crippen LogP contribution in [0.2, 0.25) is 0 Å². The third-order valence-electron chi connectivity index (χ3n) is 5.76. The van der Waals surface area contributed by atoms with Crippen molar-refractivity contribution in [3.05, 3.63) is 64.1 Å². The summed E-state index contributed by atoms with van der Waals surface area (Å²) < 4.78 is 19.3. The molecule has 34 heavy (non-hydrogen) atoms. The van der Waals surface area contributed by atoms with Crippen LogP contribution in [-0.4, -0.2) is 48.4 Å². The number of carbonyl (C=O) groups excluding carboxylic acids is 1. The molecule has 1 amide bonds. The lowest BCUT2D eigenvalue weighted by Gasteiger charge is -2.13. The number of para-hydroxylation sites is 1. The van der Waals surface area contributed by atoms with Crippen LogP contribution in [0.5, 0.6) is 17.2 Å². The first-order chi connectivity index (χ1) is 16.4. The van der Waals surface area contributed by atoms with E-state index in [9.17, 15) is 9.59 Å². The van der Waals surface area contributed by atoms with Crippen LogP contribution in [0.4, 0.5) is 5.69 Å². The Morgan fingerprint density at radius 3 is 2.32 bits per heavy atom. The molecular weight excluding hydrogens is 440 g/mol. The lowest BCUT2D eigenvalue weighted by Crippen LogP contribution is -2.30. The van der Waals surface area contributed by atoms with Crippen molar-refractivity contribution in [2.75, 3.05) is 26.6 Å². The summed E-state index contributed by atoms with van der Waals surface area (Å²) in [4.78, 5) is 31.4. The van der Waals surface area contributed by atoms with E-state index in [1.54, 1.807) is 30.8 Å². The number of rotatable bonds is 7. The molecule has 4 rings (SSSR count). The van der Waals surface area contributed by atoms with E-state index in [0.29, 0.717) is 39.9 Å². The Hall–Kier alpha value is -4.21. The molecule has 1 N–H and O–H groups in total. The summed E-state index contributed by atoms with van der Waals surface area (Å²) in [5.74, 6) is 0.927. The predicted molar refractivity (Wildman–Crippen MR) is 127 cm³/mol. The number of benzene rings is 2. The van der Waals surface area contributed by atoms with Crippen LogP contribution in [0.1, 0.15) is 17.7 Å². The van der Waals surface area contributed by atoms with Crippen molar-refractivity contribution < 1.29 is 23.8 Å². The molecule has 2 aromatic carbocycles. The number of anilines is 1. The molecule has 1 aromatic heterocycles. The van der Waals surface area contributed by atoms with Crippen molar-refractivity contribution >= 4 is 17.3 Å². The number of carbonyl (C=O) groups is 1. The first-order valence-corrected chi connectivity index (χ1v) is 10.6. The lowest BCUT2D eigenvalue weighted by atomic mass is 10.0. The normalized spacial score (nSPS) is 14.9. The highest BCUT2D eigenvalue weighted by molar-refractivity contribution is 6.06. The van der Waals surface area contributed by atoms with Crippen LogP contribution in [0.15, 0.2) is 52.4 Å². The van der Waals surface area contributed by atoms with Gasteiger partial charge in [-0.25, -0.2) is 4.68 Å². The van der Waals surface area contributed by atoms with Gasteiger partial charge in [0.05, 0.1) is 38.4 Å². The molecule has 0 radical (unpaired) electrons. The van der Waals surface area contributed by atoms with Crippen LogP contribution in [-0.2, 0) is 16.7 Å². The Balaban J connectivity index is 1.54. The smallest absolute Gasteiger partial charge is 0.295 e.